The Morgan fingerprint density at radius 2 is 1.93 bits per heavy atom. The van der Waals surface area contributed by atoms with E-state index in [1.165, 1.54) is 0 Å². The van der Waals surface area contributed by atoms with Crippen molar-refractivity contribution in [2.75, 3.05) is 6.54 Å². The standard InChI is InChI=1S/C22H22BrF2N3O2/c1-21(2,3)30-20(29)28-12-22(24,25)10-18(28)19-26-11-17(27-19)15-5-4-14-9-16(23)7-6-13(14)8-15/h4-9,11,18H,10,12H2,1-3H3,(H,26,27). The summed E-state index contributed by atoms with van der Waals surface area (Å²) in [5.74, 6) is -2.67. The predicted molar refractivity (Wildman–Crippen MR) is 114 cm³/mol. The molecule has 0 aliphatic carbocycles. The van der Waals surface area contributed by atoms with E-state index in [9.17, 15) is 13.6 Å². The molecule has 2 heterocycles. The van der Waals surface area contributed by atoms with Gasteiger partial charge < -0.3 is 9.72 Å². The first kappa shape index (κ1) is 20.8. The number of carbonyl (C=O) groups is 1. The van der Waals surface area contributed by atoms with Gasteiger partial charge in [-0.05, 0) is 49.7 Å². The molecule has 8 heteroatoms. The van der Waals surface area contributed by atoms with Gasteiger partial charge in [-0.25, -0.2) is 18.6 Å². The van der Waals surface area contributed by atoms with Crippen molar-refractivity contribution in [3.63, 3.8) is 0 Å². The monoisotopic (exact) mass is 477 g/mol. The summed E-state index contributed by atoms with van der Waals surface area (Å²) in [6, 6.07) is 11.1. The molecular formula is C22H22BrF2N3O2. The zero-order chi connectivity index (χ0) is 21.7. The molecule has 1 fully saturated rings. The second kappa shape index (κ2) is 7.34. The molecule has 30 heavy (non-hydrogen) atoms. The molecule has 158 valence electrons. The van der Waals surface area contributed by atoms with Crippen molar-refractivity contribution in [3.05, 3.63) is 52.9 Å². The summed E-state index contributed by atoms with van der Waals surface area (Å²) >= 11 is 3.46. The second-order valence-corrected chi connectivity index (χ2v) is 9.49. The van der Waals surface area contributed by atoms with Crippen LogP contribution in [0.3, 0.4) is 0 Å². The Morgan fingerprint density at radius 3 is 2.67 bits per heavy atom. The zero-order valence-corrected chi connectivity index (χ0v) is 18.5. The van der Waals surface area contributed by atoms with Crippen LogP contribution < -0.4 is 0 Å². The van der Waals surface area contributed by atoms with Gasteiger partial charge >= 0.3 is 6.09 Å². The number of fused-ring (bicyclic) bond motifs is 1. The summed E-state index contributed by atoms with van der Waals surface area (Å²) in [5.41, 5.74) is 0.819. The Hall–Kier alpha value is -2.48. The highest BCUT2D eigenvalue weighted by Crippen LogP contribution is 2.41. The fraction of sp³-hybridized carbons (Fsp3) is 0.364. The maximum Gasteiger partial charge on any atom is 0.411 e. The SMILES string of the molecule is CC(C)(C)OC(=O)N1CC(F)(F)CC1c1ncc(-c2ccc3cc(Br)ccc3c2)[nH]1. The highest BCUT2D eigenvalue weighted by atomic mass is 79.9. The molecule has 0 saturated carbocycles. The van der Waals surface area contributed by atoms with Crippen molar-refractivity contribution < 1.29 is 18.3 Å². The number of carbonyl (C=O) groups excluding carboxylic acids is 1. The van der Waals surface area contributed by atoms with Gasteiger partial charge in [-0.15, -0.1) is 0 Å². The molecule has 1 aromatic heterocycles. The first-order chi connectivity index (χ1) is 14.0. The van der Waals surface area contributed by atoms with Crippen molar-refractivity contribution in [2.24, 2.45) is 0 Å². The third kappa shape index (κ3) is 4.33. The lowest BCUT2D eigenvalue weighted by molar-refractivity contribution is -0.00248. The number of amides is 1. The summed E-state index contributed by atoms with van der Waals surface area (Å²) in [6.07, 6.45) is 0.350. The molecule has 1 saturated heterocycles. The van der Waals surface area contributed by atoms with Crippen molar-refractivity contribution in [3.8, 4) is 11.3 Å². The number of imidazole rings is 1. The summed E-state index contributed by atoms with van der Waals surface area (Å²) in [5, 5.41) is 2.13. The largest absolute Gasteiger partial charge is 0.444 e. The number of hydrogen-bond acceptors (Lipinski definition) is 3. The van der Waals surface area contributed by atoms with Gasteiger partial charge in [0, 0.05) is 16.5 Å². The van der Waals surface area contributed by atoms with E-state index < -0.39 is 36.6 Å². The normalized spacial score (nSPS) is 18.7. The van der Waals surface area contributed by atoms with E-state index in [0.717, 1.165) is 25.7 Å². The van der Waals surface area contributed by atoms with Crippen LogP contribution in [0.25, 0.3) is 22.0 Å². The molecule has 0 bridgehead atoms. The molecule has 1 amide bonds. The fourth-order valence-corrected chi connectivity index (χ4v) is 3.99. The second-order valence-electron chi connectivity index (χ2n) is 8.57. The van der Waals surface area contributed by atoms with Gasteiger partial charge in [-0.3, -0.25) is 4.90 Å². The van der Waals surface area contributed by atoms with Crippen LogP contribution in [0.15, 0.2) is 47.1 Å². The first-order valence-corrected chi connectivity index (χ1v) is 10.4. The average Bonchev–Trinajstić information content (AvgIpc) is 3.24. The molecule has 2 aromatic carbocycles. The molecule has 5 nitrogen and oxygen atoms in total. The molecule has 4 rings (SSSR count). The third-order valence-electron chi connectivity index (χ3n) is 4.92. The third-order valence-corrected chi connectivity index (χ3v) is 5.42. The van der Waals surface area contributed by atoms with E-state index in [0.29, 0.717) is 11.5 Å². The maximum atomic E-state index is 14.2. The van der Waals surface area contributed by atoms with Gasteiger partial charge in [0.2, 0.25) is 0 Å². The zero-order valence-electron chi connectivity index (χ0n) is 16.9. The molecule has 0 spiro atoms. The lowest BCUT2D eigenvalue weighted by Gasteiger charge is -2.27. The Kier molecular flexibility index (Phi) is 5.08. The van der Waals surface area contributed by atoms with Crippen LogP contribution in [0.5, 0.6) is 0 Å². The average molecular weight is 478 g/mol. The summed E-state index contributed by atoms with van der Waals surface area (Å²) < 4.78 is 34.7. The number of nitrogens with one attached hydrogen (secondary N) is 1. The molecule has 1 unspecified atom stereocenters. The minimum absolute atomic E-state index is 0.323. The van der Waals surface area contributed by atoms with E-state index in [1.807, 2.05) is 36.4 Å². The molecule has 1 N–H and O–H groups in total. The number of hydrogen-bond donors (Lipinski definition) is 1. The molecule has 3 aromatic rings. The fourth-order valence-electron chi connectivity index (χ4n) is 3.61. The van der Waals surface area contributed by atoms with E-state index in [4.69, 9.17) is 4.74 Å². The van der Waals surface area contributed by atoms with Crippen LogP contribution in [-0.2, 0) is 4.74 Å². The number of rotatable bonds is 2. The quantitative estimate of drug-likeness (QED) is 0.470. The van der Waals surface area contributed by atoms with Gasteiger partial charge in [-0.2, -0.15) is 0 Å². The number of nitrogens with zero attached hydrogens (tertiary/aromatic N) is 2. The topological polar surface area (TPSA) is 58.2 Å². The number of likely N-dealkylation sites (tertiary alicyclic amines) is 1. The minimum Gasteiger partial charge on any atom is -0.444 e. The van der Waals surface area contributed by atoms with Gasteiger partial charge in [0.25, 0.3) is 5.92 Å². The highest BCUT2D eigenvalue weighted by molar-refractivity contribution is 9.10. The molecule has 1 atom stereocenters. The number of aromatic nitrogens is 2. The van der Waals surface area contributed by atoms with Crippen LogP contribution in [0.2, 0.25) is 0 Å². The van der Waals surface area contributed by atoms with Gasteiger partial charge in [-0.1, -0.05) is 34.1 Å². The number of alkyl halides is 2. The number of ether oxygens (including phenoxy) is 1. The maximum absolute atomic E-state index is 14.2. The molecule has 1 aliphatic heterocycles. The predicted octanol–water partition coefficient (Wildman–Crippen LogP) is 6.31. The lowest BCUT2D eigenvalue weighted by atomic mass is 10.1. The number of halogens is 3. The smallest absolute Gasteiger partial charge is 0.411 e. The van der Waals surface area contributed by atoms with E-state index in [2.05, 4.69) is 25.9 Å². The highest BCUT2D eigenvalue weighted by Gasteiger charge is 2.49. The van der Waals surface area contributed by atoms with Crippen LogP contribution in [-0.4, -0.2) is 39.0 Å². The van der Waals surface area contributed by atoms with Crippen molar-refractivity contribution in [2.45, 2.75) is 44.8 Å². The van der Waals surface area contributed by atoms with Gasteiger partial charge in [0.15, 0.2) is 0 Å². The lowest BCUT2D eigenvalue weighted by Crippen LogP contribution is -2.38. The molecule has 1 aliphatic rings. The molecular weight excluding hydrogens is 456 g/mol. The summed E-state index contributed by atoms with van der Waals surface area (Å²) in [6.45, 7) is 4.43. The van der Waals surface area contributed by atoms with E-state index in [1.54, 1.807) is 27.0 Å². The van der Waals surface area contributed by atoms with Gasteiger partial charge in [0.05, 0.1) is 24.5 Å². The Balaban J connectivity index is 1.63. The van der Waals surface area contributed by atoms with Crippen LogP contribution >= 0.6 is 15.9 Å². The van der Waals surface area contributed by atoms with Crippen LogP contribution in [0.4, 0.5) is 13.6 Å². The number of aromatic amines is 1. The van der Waals surface area contributed by atoms with E-state index >= 15 is 0 Å². The Labute approximate surface area is 181 Å². The minimum atomic E-state index is -3.00. The number of H-pyrrole nitrogens is 1. The summed E-state index contributed by atoms with van der Waals surface area (Å²) in [4.78, 5) is 21.0. The Morgan fingerprint density at radius 1 is 1.23 bits per heavy atom. The van der Waals surface area contributed by atoms with Crippen molar-refractivity contribution >= 4 is 32.8 Å². The van der Waals surface area contributed by atoms with Crippen LogP contribution in [0.1, 0.15) is 39.1 Å². The molecule has 0 radical (unpaired) electrons. The van der Waals surface area contributed by atoms with Gasteiger partial charge in [0.1, 0.15) is 11.4 Å². The number of benzene rings is 2. The van der Waals surface area contributed by atoms with Crippen molar-refractivity contribution in [1.82, 2.24) is 14.9 Å². The summed E-state index contributed by atoms with van der Waals surface area (Å²) in [7, 11) is 0. The van der Waals surface area contributed by atoms with E-state index in [-0.39, 0.29) is 0 Å². The Bertz CT molecular complexity index is 1110. The van der Waals surface area contributed by atoms with Crippen LogP contribution in [0, 0.1) is 0 Å². The van der Waals surface area contributed by atoms with Crippen molar-refractivity contribution in [1.29, 1.82) is 0 Å². The first-order valence-electron chi connectivity index (χ1n) is 9.63.